The minimum absolute atomic E-state index is 0.00345. The van der Waals surface area contributed by atoms with Crippen LogP contribution < -0.4 is 16.4 Å². The van der Waals surface area contributed by atoms with Gasteiger partial charge in [-0.1, -0.05) is 30.3 Å². The van der Waals surface area contributed by atoms with E-state index in [1.54, 1.807) is 0 Å². The molecule has 0 saturated carbocycles. The van der Waals surface area contributed by atoms with Gasteiger partial charge in [0.05, 0.1) is 6.04 Å². The topological polar surface area (TPSA) is 111 Å². The Labute approximate surface area is 140 Å². The van der Waals surface area contributed by atoms with E-state index in [-0.39, 0.29) is 31.4 Å². The molecule has 7 nitrogen and oxygen atoms in total. The van der Waals surface area contributed by atoms with E-state index in [9.17, 15) is 14.4 Å². The van der Waals surface area contributed by atoms with E-state index in [0.717, 1.165) is 24.9 Å². The highest BCUT2D eigenvalue weighted by atomic mass is 16.5. The molecule has 0 bridgehead atoms. The Morgan fingerprint density at radius 1 is 1.29 bits per heavy atom. The lowest BCUT2D eigenvalue weighted by molar-refractivity contribution is -0.149. The third-order valence-electron chi connectivity index (χ3n) is 3.88. The van der Waals surface area contributed by atoms with Crippen LogP contribution in [0, 0.1) is 0 Å². The van der Waals surface area contributed by atoms with Crippen LogP contribution in [0.25, 0.3) is 0 Å². The normalized spacial score (nSPS) is 17.9. The molecule has 1 fully saturated rings. The largest absolute Gasteiger partial charge is 0.459 e. The molecule has 1 heterocycles. The Morgan fingerprint density at radius 3 is 2.67 bits per heavy atom. The van der Waals surface area contributed by atoms with E-state index in [4.69, 9.17) is 10.5 Å². The summed E-state index contributed by atoms with van der Waals surface area (Å²) in [5.74, 6) is -1.34. The highest BCUT2D eigenvalue weighted by Crippen LogP contribution is 2.08. The molecule has 1 aliphatic rings. The first-order valence-corrected chi connectivity index (χ1v) is 8.09. The number of carbonyl (C=O) groups excluding carboxylic acids is 3. The number of esters is 1. The van der Waals surface area contributed by atoms with Crippen LogP contribution in [0.1, 0.15) is 31.2 Å². The third-order valence-corrected chi connectivity index (χ3v) is 3.88. The van der Waals surface area contributed by atoms with Crippen molar-refractivity contribution < 1.29 is 19.1 Å². The molecule has 0 unspecified atom stereocenters. The summed E-state index contributed by atoms with van der Waals surface area (Å²) in [4.78, 5) is 35.4. The number of primary amides is 1. The second-order valence-electron chi connectivity index (χ2n) is 5.81. The molecule has 24 heavy (non-hydrogen) atoms. The van der Waals surface area contributed by atoms with Crippen molar-refractivity contribution in [1.29, 1.82) is 0 Å². The molecule has 7 heteroatoms. The molecule has 0 aliphatic carbocycles. The highest BCUT2D eigenvalue weighted by molar-refractivity contribution is 5.88. The fraction of sp³-hybridized carbons (Fsp3) is 0.471. The van der Waals surface area contributed by atoms with Gasteiger partial charge in [-0.25, -0.2) is 4.79 Å². The van der Waals surface area contributed by atoms with E-state index in [1.165, 1.54) is 0 Å². The van der Waals surface area contributed by atoms with Crippen LogP contribution in [0.3, 0.4) is 0 Å². The molecule has 1 aromatic carbocycles. The van der Waals surface area contributed by atoms with E-state index in [2.05, 4.69) is 10.6 Å². The smallest absolute Gasteiger partial charge is 0.328 e. The average Bonchev–Trinajstić information content (AvgIpc) is 3.11. The second-order valence-corrected chi connectivity index (χ2v) is 5.81. The zero-order chi connectivity index (χ0) is 17.4. The van der Waals surface area contributed by atoms with Crippen molar-refractivity contribution in [3.8, 4) is 0 Å². The molecular formula is C17H23N3O4. The van der Waals surface area contributed by atoms with E-state index in [0.29, 0.717) is 0 Å². The summed E-state index contributed by atoms with van der Waals surface area (Å²) in [6.45, 7) is 0.896. The maximum Gasteiger partial charge on any atom is 0.328 e. The first kappa shape index (κ1) is 17.9. The minimum Gasteiger partial charge on any atom is -0.459 e. The Bertz CT molecular complexity index is 570. The summed E-state index contributed by atoms with van der Waals surface area (Å²) in [7, 11) is 0. The summed E-state index contributed by atoms with van der Waals surface area (Å²) < 4.78 is 5.26. The number of nitrogens with one attached hydrogen (secondary N) is 2. The quantitative estimate of drug-likeness (QED) is 0.590. The number of benzene rings is 1. The van der Waals surface area contributed by atoms with Gasteiger partial charge in [0, 0.05) is 6.42 Å². The van der Waals surface area contributed by atoms with Crippen molar-refractivity contribution in [1.82, 2.24) is 10.6 Å². The molecule has 130 valence electrons. The van der Waals surface area contributed by atoms with Crippen LogP contribution in [-0.4, -0.2) is 36.4 Å². The lowest BCUT2D eigenvalue weighted by atomic mass is 10.1. The fourth-order valence-electron chi connectivity index (χ4n) is 2.55. The van der Waals surface area contributed by atoms with E-state index < -0.39 is 17.9 Å². The molecule has 2 amide bonds. The van der Waals surface area contributed by atoms with Gasteiger partial charge in [0.1, 0.15) is 12.6 Å². The van der Waals surface area contributed by atoms with Crippen LogP contribution >= 0.6 is 0 Å². The van der Waals surface area contributed by atoms with Gasteiger partial charge >= 0.3 is 5.97 Å². The maximum absolute atomic E-state index is 12.3. The Hall–Kier alpha value is -2.41. The van der Waals surface area contributed by atoms with Gasteiger partial charge in [-0.2, -0.15) is 0 Å². The third kappa shape index (κ3) is 5.66. The summed E-state index contributed by atoms with van der Waals surface area (Å²) in [5, 5.41) is 5.73. The number of carbonyl (C=O) groups is 3. The number of rotatable bonds is 8. The molecule has 2 rings (SSSR count). The Morgan fingerprint density at radius 2 is 2.04 bits per heavy atom. The van der Waals surface area contributed by atoms with Gasteiger partial charge < -0.3 is 21.1 Å². The van der Waals surface area contributed by atoms with Gasteiger partial charge in [0.25, 0.3) is 0 Å². The molecule has 1 aliphatic heterocycles. The Balaban J connectivity index is 1.91. The van der Waals surface area contributed by atoms with Crippen LogP contribution in [0.4, 0.5) is 0 Å². The molecule has 0 spiro atoms. The fourth-order valence-corrected chi connectivity index (χ4v) is 2.55. The van der Waals surface area contributed by atoms with Gasteiger partial charge in [-0.05, 0) is 31.4 Å². The molecular weight excluding hydrogens is 310 g/mol. The van der Waals surface area contributed by atoms with Gasteiger partial charge in [-0.15, -0.1) is 0 Å². The number of amides is 2. The zero-order valence-corrected chi connectivity index (χ0v) is 13.5. The highest BCUT2D eigenvalue weighted by Gasteiger charge is 2.28. The molecule has 0 radical (unpaired) electrons. The second kappa shape index (κ2) is 9.02. The SMILES string of the molecule is NC(=O)CC[C@H](NC(=O)[C@@H]1CCCN1)C(=O)OCc1ccccc1. The first-order valence-electron chi connectivity index (χ1n) is 8.09. The van der Waals surface area contributed by atoms with Crippen molar-refractivity contribution >= 4 is 17.8 Å². The lowest BCUT2D eigenvalue weighted by Crippen LogP contribution is -2.49. The standard InChI is InChI=1S/C17H23N3O4/c18-15(21)9-8-14(20-16(22)13-7-4-10-19-13)17(23)24-11-12-5-2-1-3-6-12/h1-3,5-6,13-14,19H,4,7-11H2,(H2,18,21)(H,20,22)/t13-,14-/m0/s1. The van der Waals surface area contributed by atoms with Gasteiger partial charge in [0.2, 0.25) is 11.8 Å². The molecule has 2 atom stereocenters. The number of ether oxygens (including phenoxy) is 1. The van der Waals surface area contributed by atoms with Crippen molar-refractivity contribution in [3.63, 3.8) is 0 Å². The molecule has 4 N–H and O–H groups in total. The summed E-state index contributed by atoms with van der Waals surface area (Å²) in [5.41, 5.74) is 5.99. The Kier molecular flexibility index (Phi) is 6.74. The van der Waals surface area contributed by atoms with Crippen molar-refractivity contribution in [3.05, 3.63) is 35.9 Å². The van der Waals surface area contributed by atoms with E-state index >= 15 is 0 Å². The molecule has 1 aromatic rings. The first-order chi connectivity index (χ1) is 11.6. The minimum atomic E-state index is -0.879. The van der Waals surface area contributed by atoms with Crippen molar-refractivity contribution in [2.45, 2.75) is 44.4 Å². The maximum atomic E-state index is 12.3. The predicted molar refractivity (Wildman–Crippen MR) is 87.6 cm³/mol. The summed E-state index contributed by atoms with van der Waals surface area (Å²) in [6, 6.07) is 8.07. The van der Waals surface area contributed by atoms with Crippen molar-refractivity contribution in [2.75, 3.05) is 6.54 Å². The summed E-state index contributed by atoms with van der Waals surface area (Å²) >= 11 is 0. The van der Waals surface area contributed by atoms with Crippen molar-refractivity contribution in [2.24, 2.45) is 5.73 Å². The molecule has 0 aromatic heterocycles. The van der Waals surface area contributed by atoms with E-state index in [1.807, 2.05) is 30.3 Å². The zero-order valence-electron chi connectivity index (χ0n) is 13.5. The van der Waals surface area contributed by atoms with Gasteiger partial charge in [-0.3, -0.25) is 9.59 Å². The summed E-state index contributed by atoms with van der Waals surface area (Å²) in [6.07, 6.45) is 1.78. The van der Waals surface area contributed by atoms with Crippen LogP contribution in [-0.2, 0) is 25.7 Å². The number of nitrogens with two attached hydrogens (primary N) is 1. The van der Waals surface area contributed by atoms with Gasteiger partial charge in [0.15, 0.2) is 0 Å². The monoisotopic (exact) mass is 333 g/mol. The predicted octanol–water partition coefficient (Wildman–Crippen LogP) is 0.232. The van der Waals surface area contributed by atoms with Crippen LogP contribution in [0.2, 0.25) is 0 Å². The molecule has 1 saturated heterocycles. The number of hydrogen-bond donors (Lipinski definition) is 3. The number of hydrogen-bond acceptors (Lipinski definition) is 5. The van der Waals surface area contributed by atoms with Crippen LogP contribution in [0.5, 0.6) is 0 Å². The lowest BCUT2D eigenvalue weighted by Gasteiger charge is -2.19. The van der Waals surface area contributed by atoms with Crippen LogP contribution in [0.15, 0.2) is 30.3 Å². The average molecular weight is 333 g/mol.